The van der Waals surface area contributed by atoms with Crippen LogP contribution in [0.5, 0.6) is 0 Å². The Labute approximate surface area is 102 Å². The van der Waals surface area contributed by atoms with Gasteiger partial charge in [-0.2, -0.15) is 0 Å². The summed E-state index contributed by atoms with van der Waals surface area (Å²) in [6.07, 6.45) is 6.15. The quantitative estimate of drug-likeness (QED) is 0.546. The molecule has 98 valence electrons. The van der Waals surface area contributed by atoms with Crippen molar-refractivity contribution in [2.45, 2.75) is 59.8 Å². The van der Waals surface area contributed by atoms with Crippen molar-refractivity contribution in [1.29, 1.82) is 0 Å². The number of hydrogen-bond acceptors (Lipinski definition) is 2. The Morgan fingerprint density at radius 3 is 2.31 bits per heavy atom. The van der Waals surface area contributed by atoms with Gasteiger partial charge in [-0.05, 0) is 31.2 Å². The van der Waals surface area contributed by atoms with Crippen LogP contribution in [-0.4, -0.2) is 26.3 Å². The van der Waals surface area contributed by atoms with Crippen LogP contribution >= 0.6 is 0 Å². The second-order valence-corrected chi connectivity index (χ2v) is 5.06. The lowest BCUT2D eigenvalue weighted by molar-refractivity contribution is 0.0927. The summed E-state index contributed by atoms with van der Waals surface area (Å²) in [5, 5.41) is 3.47. The van der Waals surface area contributed by atoms with Crippen LogP contribution in [0.1, 0.15) is 59.8 Å². The lowest BCUT2D eigenvalue weighted by atomic mass is 9.82. The lowest BCUT2D eigenvalue weighted by Gasteiger charge is -2.29. The fourth-order valence-corrected chi connectivity index (χ4v) is 2.00. The highest BCUT2D eigenvalue weighted by Gasteiger charge is 2.22. The monoisotopic (exact) mass is 229 g/mol. The second-order valence-electron chi connectivity index (χ2n) is 5.06. The summed E-state index contributed by atoms with van der Waals surface area (Å²) in [7, 11) is 0. The van der Waals surface area contributed by atoms with Crippen molar-refractivity contribution in [3.8, 4) is 0 Å². The van der Waals surface area contributed by atoms with Crippen LogP contribution in [0.25, 0.3) is 0 Å². The first kappa shape index (κ1) is 15.9. The molecule has 0 saturated heterocycles. The zero-order valence-electron chi connectivity index (χ0n) is 11.8. The molecule has 0 rings (SSSR count). The Kier molecular flexibility index (Phi) is 10.0. The molecule has 0 bridgehead atoms. The molecule has 1 atom stereocenters. The van der Waals surface area contributed by atoms with Gasteiger partial charge in [0.15, 0.2) is 0 Å². The SMILES string of the molecule is CCCCOCCC(C)(CCC)CNCC. The fraction of sp³-hybridized carbons (Fsp3) is 1.00. The van der Waals surface area contributed by atoms with Crippen LogP contribution < -0.4 is 5.32 Å². The molecular weight excluding hydrogens is 198 g/mol. The normalized spacial score (nSPS) is 15.0. The average Bonchev–Trinajstić information content (AvgIpc) is 2.27. The summed E-state index contributed by atoms with van der Waals surface area (Å²) in [4.78, 5) is 0. The van der Waals surface area contributed by atoms with Gasteiger partial charge in [-0.25, -0.2) is 0 Å². The Morgan fingerprint density at radius 2 is 1.75 bits per heavy atom. The van der Waals surface area contributed by atoms with Gasteiger partial charge in [0.05, 0.1) is 0 Å². The minimum absolute atomic E-state index is 0.414. The third-order valence-electron chi connectivity index (χ3n) is 3.15. The van der Waals surface area contributed by atoms with Crippen molar-refractivity contribution in [3.05, 3.63) is 0 Å². The molecule has 0 aliphatic rings. The maximum atomic E-state index is 5.67. The molecule has 16 heavy (non-hydrogen) atoms. The Hall–Kier alpha value is -0.0800. The number of unbranched alkanes of at least 4 members (excludes halogenated alkanes) is 1. The Bertz CT molecular complexity index is 150. The van der Waals surface area contributed by atoms with Gasteiger partial charge in [-0.3, -0.25) is 0 Å². The van der Waals surface area contributed by atoms with Gasteiger partial charge in [0.25, 0.3) is 0 Å². The first-order valence-electron chi connectivity index (χ1n) is 6.97. The molecule has 1 N–H and O–H groups in total. The highest BCUT2D eigenvalue weighted by Crippen LogP contribution is 2.26. The van der Waals surface area contributed by atoms with E-state index in [1.54, 1.807) is 0 Å². The standard InChI is InChI=1S/C14H31NO/c1-5-8-11-16-12-10-14(4,9-6-2)13-15-7-3/h15H,5-13H2,1-4H3. The molecule has 0 aromatic rings. The van der Waals surface area contributed by atoms with E-state index in [0.717, 1.165) is 26.3 Å². The minimum Gasteiger partial charge on any atom is -0.381 e. The van der Waals surface area contributed by atoms with E-state index in [1.165, 1.54) is 32.1 Å². The molecule has 0 radical (unpaired) electrons. The van der Waals surface area contributed by atoms with Gasteiger partial charge in [-0.1, -0.05) is 40.5 Å². The predicted octanol–water partition coefficient (Wildman–Crippen LogP) is 3.61. The molecule has 0 saturated carbocycles. The van der Waals surface area contributed by atoms with E-state index in [4.69, 9.17) is 4.74 Å². The van der Waals surface area contributed by atoms with Gasteiger partial charge >= 0.3 is 0 Å². The van der Waals surface area contributed by atoms with Crippen molar-refractivity contribution >= 4 is 0 Å². The van der Waals surface area contributed by atoms with Gasteiger partial charge in [0.2, 0.25) is 0 Å². The van der Waals surface area contributed by atoms with Crippen LogP contribution in [-0.2, 0) is 4.74 Å². The summed E-state index contributed by atoms with van der Waals surface area (Å²) < 4.78 is 5.67. The first-order valence-corrected chi connectivity index (χ1v) is 6.97. The van der Waals surface area contributed by atoms with Crippen molar-refractivity contribution in [2.24, 2.45) is 5.41 Å². The summed E-state index contributed by atoms with van der Waals surface area (Å²) in [6.45, 7) is 13.1. The van der Waals surface area contributed by atoms with E-state index < -0.39 is 0 Å². The lowest BCUT2D eigenvalue weighted by Crippen LogP contribution is -2.32. The van der Waals surface area contributed by atoms with E-state index in [1.807, 2.05) is 0 Å². The first-order chi connectivity index (χ1) is 7.68. The van der Waals surface area contributed by atoms with Crippen molar-refractivity contribution in [2.75, 3.05) is 26.3 Å². The van der Waals surface area contributed by atoms with Crippen LogP contribution in [0.3, 0.4) is 0 Å². The summed E-state index contributed by atoms with van der Waals surface area (Å²) in [5.41, 5.74) is 0.414. The minimum atomic E-state index is 0.414. The maximum absolute atomic E-state index is 5.67. The molecule has 2 heteroatoms. The van der Waals surface area contributed by atoms with Crippen LogP contribution in [0.2, 0.25) is 0 Å². The molecule has 0 heterocycles. The zero-order valence-corrected chi connectivity index (χ0v) is 11.8. The third-order valence-corrected chi connectivity index (χ3v) is 3.15. The van der Waals surface area contributed by atoms with Gasteiger partial charge in [-0.15, -0.1) is 0 Å². The van der Waals surface area contributed by atoms with E-state index in [9.17, 15) is 0 Å². The van der Waals surface area contributed by atoms with Gasteiger partial charge in [0.1, 0.15) is 0 Å². The number of hydrogen-bond donors (Lipinski definition) is 1. The van der Waals surface area contributed by atoms with Gasteiger partial charge in [0, 0.05) is 19.8 Å². The van der Waals surface area contributed by atoms with Crippen LogP contribution in [0.4, 0.5) is 0 Å². The van der Waals surface area contributed by atoms with E-state index in [0.29, 0.717) is 5.41 Å². The van der Waals surface area contributed by atoms with E-state index >= 15 is 0 Å². The smallest absolute Gasteiger partial charge is 0.0471 e. The topological polar surface area (TPSA) is 21.3 Å². The largest absolute Gasteiger partial charge is 0.381 e. The zero-order chi connectivity index (χ0) is 12.3. The molecule has 0 amide bonds. The highest BCUT2D eigenvalue weighted by atomic mass is 16.5. The molecule has 0 aromatic heterocycles. The maximum Gasteiger partial charge on any atom is 0.0471 e. The molecule has 0 spiro atoms. The van der Waals surface area contributed by atoms with Crippen molar-refractivity contribution in [1.82, 2.24) is 5.32 Å². The average molecular weight is 229 g/mol. The summed E-state index contributed by atoms with van der Waals surface area (Å²) >= 11 is 0. The van der Waals surface area contributed by atoms with Gasteiger partial charge < -0.3 is 10.1 Å². The predicted molar refractivity (Wildman–Crippen MR) is 71.9 cm³/mol. The number of rotatable bonds is 11. The number of ether oxygens (including phenoxy) is 1. The van der Waals surface area contributed by atoms with Crippen LogP contribution in [0.15, 0.2) is 0 Å². The molecule has 2 nitrogen and oxygen atoms in total. The molecule has 0 aliphatic carbocycles. The second kappa shape index (κ2) is 10.1. The summed E-state index contributed by atoms with van der Waals surface area (Å²) in [6, 6.07) is 0. The molecule has 0 aromatic carbocycles. The number of nitrogens with one attached hydrogen (secondary N) is 1. The van der Waals surface area contributed by atoms with Crippen LogP contribution in [0, 0.1) is 5.41 Å². The fourth-order valence-electron chi connectivity index (χ4n) is 2.00. The van der Waals surface area contributed by atoms with E-state index in [2.05, 4.69) is 33.0 Å². The molecule has 0 fully saturated rings. The Morgan fingerprint density at radius 1 is 1.00 bits per heavy atom. The van der Waals surface area contributed by atoms with E-state index in [-0.39, 0.29) is 0 Å². The Balaban J connectivity index is 3.73. The van der Waals surface area contributed by atoms with Crippen molar-refractivity contribution in [3.63, 3.8) is 0 Å². The third kappa shape index (κ3) is 8.12. The highest BCUT2D eigenvalue weighted by molar-refractivity contribution is 4.76. The molecule has 1 unspecified atom stereocenters. The molecule has 0 aliphatic heterocycles. The van der Waals surface area contributed by atoms with Crippen molar-refractivity contribution < 1.29 is 4.74 Å². The molecular formula is C14H31NO. The summed E-state index contributed by atoms with van der Waals surface area (Å²) in [5.74, 6) is 0.